The van der Waals surface area contributed by atoms with Gasteiger partial charge in [0.05, 0.1) is 25.2 Å². The first-order valence-electron chi connectivity index (χ1n) is 12.0. The summed E-state index contributed by atoms with van der Waals surface area (Å²) in [5.74, 6) is 1.56. The number of benzene rings is 2. The largest absolute Gasteiger partial charge is 0.492 e. The van der Waals surface area contributed by atoms with Crippen molar-refractivity contribution in [1.29, 1.82) is 0 Å². The Labute approximate surface area is 210 Å². The Balaban J connectivity index is 1.37. The molecule has 2 N–H and O–H groups in total. The number of ether oxygens (including phenoxy) is 1. The molecule has 182 valence electrons. The third-order valence-corrected chi connectivity index (χ3v) is 7.40. The van der Waals surface area contributed by atoms with Crippen LogP contribution in [0.15, 0.2) is 53.1 Å². The van der Waals surface area contributed by atoms with E-state index in [0.29, 0.717) is 40.7 Å². The molecule has 2 unspecified atom stereocenters. The first-order valence-corrected chi connectivity index (χ1v) is 12.7. The van der Waals surface area contributed by atoms with Crippen molar-refractivity contribution in [2.24, 2.45) is 5.92 Å². The average Bonchev–Trinajstić information content (AvgIpc) is 3.33. The van der Waals surface area contributed by atoms with Gasteiger partial charge in [-0.2, -0.15) is 4.98 Å². The summed E-state index contributed by atoms with van der Waals surface area (Å²) >= 11 is 12.2. The quantitative estimate of drug-likeness (QED) is 0.392. The SMILES string of the molecule is C[NH+](CCCOc1cccc(Cl)c1Cl)Cc1nc(C(O)(c2ccccc2)C2CCCCC2)no1. The second-order valence-electron chi connectivity index (χ2n) is 9.12. The molecule has 1 aliphatic carbocycles. The van der Waals surface area contributed by atoms with E-state index >= 15 is 0 Å². The summed E-state index contributed by atoms with van der Waals surface area (Å²) in [5.41, 5.74) is -0.409. The molecule has 2 aromatic carbocycles. The zero-order valence-corrected chi connectivity index (χ0v) is 21.0. The minimum Gasteiger partial charge on any atom is -0.492 e. The van der Waals surface area contributed by atoms with Crippen molar-refractivity contribution in [3.63, 3.8) is 0 Å². The molecule has 0 spiro atoms. The fourth-order valence-electron chi connectivity index (χ4n) is 4.74. The van der Waals surface area contributed by atoms with Gasteiger partial charge in [-0.1, -0.05) is 84.0 Å². The van der Waals surface area contributed by atoms with Crippen LogP contribution in [0, 0.1) is 5.92 Å². The summed E-state index contributed by atoms with van der Waals surface area (Å²) < 4.78 is 11.4. The van der Waals surface area contributed by atoms with E-state index in [-0.39, 0.29) is 5.92 Å². The van der Waals surface area contributed by atoms with Gasteiger partial charge in [-0.05, 0) is 36.5 Å². The second-order valence-corrected chi connectivity index (χ2v) is 9.90. The van der Waals surface area contributed by atoms with Crippen LogP contribution in [0.25, 0.3) is 0 Å². The standard InChI is InChI=1S/C26H31Cl2N3O3/c1-31(16-9-17-33-22-15-8-14-21(27)24(22)28)18-23-29-25(30-34-23)26(32,19-10-4-2-5-11-19)20-12-6-3-7-13-20/h2,4-5,8,10-11,14-15,20,32H,3,6-7,9,12-13,16-18H2,1H3/p+1. The van der Waals surface area contributed by atoms with Gasteiger partial charge in [0, 0.05) is 6.42 Å². The van der Waals surface area contributed by atoms with E-state index < -0.39 is 5.60 Å². The van der Waals surface area contributed by atoms with Crippen LogP contribution in [-0.2, 0) is 12.1 Å². The van der Waals surface area contributed by atoms with Crippen molar-refractivity contribution in [2.45, 2.75) is 50.7 Å². The highest BCUT2D eigenvalue weighted by Gasteiger charge is 2.44. The zero-order chi connectivity index (χ0) is 24.0. The molecule has 1 fully saturated rings. The first kappa shape index (κ1) is 25.0. The number of quaternary nitrogens is 1. The van der Waals surface area contributed by atoms with Crippen LogP contribution < -0.4 is 9.64 Å². The second kappa shape index (κ2) is 11.5. The van der Waals surface area contributed by atoms with E-state index in [9.17, 15) is 5.11 Å². The summed E-state index contributed by atoms with van der Waals surface area (Å²) in [5, 5.41) is 17.1. The first-order chi connectivity index (χ1) is 16.5. The molecule has 0 aliphatic heterocycles. The molecule has 8 heteroatoms. The molecule has 1 aromatic heterocycles. The number of aromatic nitrogens is 2. The van der Waals surface area contributed by atoms with E-state index in [4.69, 9.17) is 32.5 Å². The summed E-state index contributed by atoms with van der Waals surface area (Å²) in [4.78, 5) is 5.86. The summed E-state index contributed by atoms with van der Waals surface area (Å²) in [6, 6.07) is 15.1. The van der Waals surface area contributed by atoms with Crippen LogP contribution >= 0.6 is 23.2 Å². The molecule has 1 heterocycles. The molecule has 1 saturated carbocycles. The van der Waals surface area contributed by atoms with Gasteiger partial charge >= 0.3 is 0 Å². The molecule has 0 bridgehead atoms. The molecule has 4 rings (SSSR count). The highest BCUT2D eigenvalue weighted by Crippen LogP contribution is 2.42. The number of halogens is 2. The van der Waals surface area contributed by atoms with E-state index in [1.54, 1.807) is 6.07 Å². The van der Waals surface area contributed by atoms with Gasteiger partial charge in [-0.15, -0.1) is 0 Å². The predicted molar refractivity (Wildman–Crippen MR) is 132 cm³/mol. The van der Waals surface area contributed by atoms with Crippen molar-refractivity contribution < 1.29 is 19.3 Å². The van der Waals surface area contributed by atoms with Crippen LogP contribution in [0.3, 0.4) is 0 Å². The number of hydrogen-bond donors (Lipinski definition) is 2. The Morgan fingerprint density at radius 3 is 2.62 bits per heavy atom. The third-order valence-electron chi connectivity index (χ3n) is 6.59. The maximum absolute atomic E-state index is 11.9. The van der Waals surface area contributed by atoms with E-state index in [1.807, 2.05) is 42.5 Å². The summed E-state index contributed by atoms with van der Waals surface area (Å²) in [6.45, 7) is 1.95. The number of aliphatic hydroxyl groups is 1. The van der Waals surface area contributed by atoms with E-state index in [2.05, 4.69) is 17.2 Å². The van der Waals surface area contributed by atoms with Crippen molar-refractivity contribution >= 4 is 23.2 Å². The van der Waals surface area contributed by atoms with Gasteiger partial charge in [0.2, 0.25) is 5.82 Å². The lowest BCUT2D eigenvalue weighted by Gasteiger charge is -2.36. The average molecular weight is 505 g/mol. The Bertz CT molecular complexity index is 1060. The van der Waals surface area contributed by atoms with Crippen molar-refractivity contribution in [2.75, 3.05) is 20.2 Å². The van der Waals surface area contributed by atoms with Crippen LogP contribution in [0.5, 0.6) is 5.75 Å². The molecule has 34 heavy (non-hydrogen) atoms. The Morgan fingerprint density at radius 1 is 1.09 bits per heavy atom. The molecule has 0 amide bonds. The van der Waals surface area contributed by atoms with Gasteiger partial charge in [0.25, 0.3) is 5.89 Å². The Kier molecular flexibility index (Phi) is 8.48. The molecular formula is C26H32Cl2N3O3+. The van der Waals surface area contributed by atoms with E-state index in [0.717, 1.165) is 44.2 Å². The van der Waals surface area contributed by atoms with Gasteiger partial charge in [-0.25, -0.2) is 0 Å². The van der Waals surface area contributed by atoms with Gasteiger partial charge < -0.3 is 19.3 Å². The fraction of sp³-hybridized carbons (Fsp3) is 0.462. The lowest BCUT2D eigenvalue weighted by molar-refractivity contribution is -0.895. The minimum atomic E-state index is -1.23. The molecule has 0 radical (unpaired) electrons. The maximum Gasteiger partial charge on any atom is 0.281 e. The highest BCUT2D eigenvalue weighted by atomic mass is 35.5. The lowest BCUT2D eigenvalue weighted by atomic mass is 9.73. The van der Waals surface area contributed by atoms with Crippen LogP contribution in [-0.4, -0.2) is 35.4 Å². The molecule has 1 aliphatic rings. The lowest BCUT2D eigenvalue weighted by Crippen LogP contribution is -3.07. The van der Waals surface area contributed by atoms with Crippen molar-refractivity contribution in [3.8, 4) is 5.75 Å². The summed E-state index contributed by atoms with van der Waals surface area (Å²) in [7, 11) is 2.07. The van der Waals surface area contributed by atoms with Crippen LogP contribution in [0.1, 0.15) is 55.8 Å². The van der Waals surface area contributed by atoms with Gasteiger partial charge in [0.1, 0.15) is 10.8 Å². The Hall–Kier alpha value is -2.12. The number of nitrogens with one attached hydrogen (secondary N) is 1. The number of rotatable bonds is 10. The fourth-order valence-corrected chi connectivity index (χ4v) is 5.09. The molecule has 2 atom stereocenters. The highest BCUT2D eigenvalue weighted by molar-refractivity contribution is 6.42. The maximum atomic E-state index is 11.9. The normalized spacial score (nSPS) is 17.3. The molecule has 3 aromatic rings. The van der Waals surface area contributed by atoms with Crippen LogP contribution in [0.4, 0.5) is 0 Å². The van der Waals surface area contributed by atoms with Crippen molar-refractivity contribution in [3.05, 3.63) is 75.9 Å². The third kappa shape index (κ3) is 5.74. The van der Waals surface area contributed by atoms with Crippen molar-refractivity contribution in [1.82, 2.24) is 10.1 Å². The minimum absolute atomic E-state index is 0.0784. The van der Waals surface area contributed by atoms with Crippen LogP contribution in [0.2, 0.25) is 10.0 Å². The molecular weight excluding hydrogens is 473 g/mol. The topological polar surface area (TPSA) is 72.8 Å². The van der Waals surface area contributed by atoms with Gasteiger partial charge in [0.15, 0.2) is 12.1 Å². The van der Waals surface area contributed by atoms with E-state index in [1.165, 1.54) is 11.3 Å². The van der Waals surface area contributed by atoms with Gasteiger partial charge in [-0.3, -0.25) is 0 Å². The zero-order valence-electron chi connectivity index (χ0n) is 19.5. The smallest absolute Gasteiger partial charge is 0.281 e. The Morgan fingerprint density at radius 2 is 1.85 bits per heavy atom. The number of nitrogens with zero attached hydrogens (tertiary/aromatic N) is 2. The predicted octanol–water partition coefficient (Wildman–Crippen LogP) is 4.68. The summed E-state index contributed by atoms with van der Waals surface area (Å²) in [6.07, 6.45) is 6.17. The molecule has 6 nitrogen and oxygen atoms in total. The number of hydrogen-bond acceptors (Lipinski definition) is 5. The monoisotopic (exact) mass is 504 g/mol. The molecule has 0 saturated heterocycles.